The summed E-state index contributed by atoms with van der Waals surface area (Å²) in [6.07, 6.45) is 0. The van der Waals surface area contributed by atoms with Crippen LogP contribution in [0, 0.1) is 0 Å². The fourth-order valence-corrected chi connectivity index (χ4v) is 10.0. The average molecular weight is 501 g/mol. The first-order valence-corrected chi connectivity index (χ1v) is 14.6. The van der Waals surface area contributed by atoms with Gasteiger partial charge in [-0.2, -0.15) is 0 Å². The number of thiocarbonyl (C=S) groups is 2. The molecular weight excluding hydrogens is 473 g/mol. The number of thioether (sulfide) groups is 4. The van der Waals surface area contributed by atoms with E-state index in [0.717, 1.165) is 8.39 Å². The summed E-state index contributed by atoms with van der Waals surface area (Å²) in [6, 6.07) is 0. The molecule has 1 aromatic rings. The molecule has 0 nitrogen and oxygen atoms in total. The van der Waals surface area contributed by atoms with E-state index in [1.807, 2.05) is 46.2 Å². The summed E-state index contributed by atoms with van der Waals surface area (Å²) in [5, 5.41) is 2.08. The van der Waals surface area contributed by atoms with Crippen molar-refractivity contribution in [2.45, 2.75) is 76.4 Å². The molecule has 0 saturated carbocycles. The molecule has 1 heterocycles. The second kappa shape index (κ2) is 12.3. The Morgan fingerprint density at radius 3 is 1.08 bits per heavy atom. The molecule has 0 saturated heterocycles. The molecule has 8 heteroatoms. The number of hydrogen-bond acceptors (Lipinski definition) is 8. The van der Waals surface area contributed by atoms with Gasteiger partial charge in [0.2, 0.25) is 0 Å². The quantitative estimate of drug-likeness (QED) is 0.342. The van der Waals surface area contributed by atoms with Crippen molar-refractivity contribution >= 4 is 112 Å². The molecule has 0 aliphatic heterocycles. The van der Waals surface area contributed by atoms with Crippen LogP contribution in [0.3, 0.4) is 0 Å². The summed E-state index contributed by atoms with van der Waals surface area (Å²) in [7, 11) is 0. The van der Waals surface area contributed by atoms with Gasteiger partial charge in [-0.15, -0.1) is 69.7 Å². The molecule has 0 spiro atoms. The average Bonchev–Trinajstić information content (AvgIpc) is 2.40. The molecule has 0 aliphatic carbocycles. The van der Waals surface area contributed by atoms with Crippen LogP contribution in [0.1, 0.15) is 55.4 Å². The zero-order valence-corrected chi connectivity index (χ0v) is 23.1. The molecule has 0 bridgehead atoms. The highest BCUT2D eigenvalue weighted by atomic mass is 32.2. The largest absolute Gasteiger partial charge is 0.119 e. The summed E-state index contributed by atoms with van der Waals surface area (Å²) in [6.45, 7) is 17.7. The number of rotatable bonds is 8. The third-order valence-corrected chi connectivity index (χ3v) is 11.1. The van der Waals surface area contributed by atoms with E-state index in [4.69, 9.17) is 24.4 Å². The molecule has 0 aliphatic rings. The lowest BCUT2D eigenvalue weighted by Crippen LogP contribution is -2.20. The van der Waals surface area contributed by atoms with Gasteiger partial charge in [0, 0.05) is 21.0 Å². The van der Waals surface area contributed by atoms with Crippen molar-refractivity contribution in [3.05, 3.63) is 7.69 Å². The van der Waals surface area contributed by atoms with E-state index in [9.17, 15) is 0 Å². The smallest absolute Gasteiger partial charge is 0.0977 e. The molecule has 0 amide bonds. The van der Waals surface area contributed by atoms with Crippen molar-refractivity contribution in [2.75, 3.05) is 0 Å². The highest BCUT2D eigenvalue weighted by molar-refractivity contribution is 8.29. The van der Waals surface area contributed by atoms with Crippen LogP contribution in [0.25, 0.3) is 9.81 Å². The first-order valence-electron chi connectivity index (χ1n) is 8.60. The van der Waals surface area contributed by atoms with E-state index < -0.39 is 0 Å². The van der Waals surface area contributed by atoms with Gasteiger partial charge in [-0.05, 0) is 0 Å². The molecule has 1 aromatic heterocycles. The van der Waals surface area contributed by atoms with Crippen molar-refractivity contribution in [3.8, 4) is 0 Å². The lowest BCUT2D eigenvalue weighted by atomic mass is 10.6. The lowest BCUT2D eigenvalue weighted by Gasteiger charge is -2.15. The Bertz CT molecular complexity index is 641. The summed E-state index contributed by atoms with van der Waals surface area (Å²) in [4.78, 5) is 2.56. The molecule has 0 aromatic carbocycles. The Labute approximate surface area is 194 Å². The maximum absolute atomic E-state index is 5.74. The van der Waals surface area contributed by atoms with E-state index in [0.29, 0.717) is 21.0 Å². The van der Waals surface area contributed by atoms with Crippen LogP contribution in [0.15, 0.2) is 0 Å². The summed E-state index contributed by atoms with van der Waals surface area (Å²) < 4.78 is 4.75. The van der Waals surface area contributed by atoms with Crippen molar-refractivity contribution in [2.24, 2.45) is 0 Å². The first-order chi connectivity index (χ1) is 12.0. The molecule has 0 atom stereocenters. The Morgan fingerprint density at radius 1 is 0.577 bits per heavy atom. The van der Waals surface area contributed by atoms with Crippen LogP contribution in [0.4, 0.5) is 0 Å². The predicted molar refractivity (Wildman–Crippen MR) is 144 cm³/mol. The maximum atomic E-state index is 5.74. The zero-order valence-electron chi connectivity index (χ0n) is 16.6. The Balaban J connectivity index is 3.35. The van der Waals surface area contributed by atoms with Crippen molar-refractivity contribution in [1.29, 1.82) is 0 Å². The van der Waals surface area contributed by atoms with Gasteiger partial charge >= 0.3 is 0 Å². The fourth-order valence-electron chi connectivity index (χ4n) is 1.73. The van der Waals surface area contributed by atoms with Gasteiger partial charge in [-0.1, -0.05) is 79.8 Å². The maximum Gasteiger partial charge on any atom is 0.0977 e. The van der Waals surface area contributed by atoms with Gasteiger partial charge in [0.1, 0.15) is 0 Å². The highest BCUT2D eigenvalue weighted by Gasteiger charge is 2.18. The standard InChI is InChI=1S/C18H28S8/c1-9(2)21-13(15(19)23-11(5)6)17-25-18(26-17)14(22-10(3)4)16(20)24-12(7)8/h9-12H,1-8H3. The van der Waals surface area contributed by atoms with E-state index in [1.54, 1.807) is 23.5 Å². The molecule has 1 rings (SSSR count). The molecule has 148 valence electrons. The molecule has 0 unspecified atom stereocenters. The topological polar surface area (TPSA) is 0 Å². The third kappa shape index (κ3) is 8.89. The molecule has 0 fully saturated rings. The summed E-state index contributed by atoms with van der Waals surface area (Å²) >= 11 is 22.6. The SMILES string of the molecule is CC(C)SC(=S)C(SC(C)C)=c1sc(=C(SC(C)C)C(=S)SC(C)C)s1. The van der Waals surface area contributed by atoms with Crippen LogP contribution >= 0.6 is 94.2 Å². The third-order valence-electron chi connectivity index (χ3n) is 2.50. The lowest BCUT2D eigenvalue weighted by molar-refractivity contribution is 1.12. The number of hydrogen-bond donors (Lipinski definition) is 0. The molecular formula is C18H28S8. The van der Waals surface area contributed by atoms with Crippen molar-refractivity contribution in [3.63, 3.8) is 0 Å². The van der Waals surface area contributed by atoms with Crippen LogP contribution in [0.2, 0.25) is 0 Å². The van der Waals surface area contributed by atoms with Crippen LogP contribution in [0.5, 0.6) is 0 Å². The van der Waals surface area contributed by atoms with Crippen molar-refractivity contribution < 1.29 is 0 Å². The predicted octanol–water partition coefficient (Wildman–Crippen LogP) is 7.25. The van der Waals surface area contributed by atoms with E-state index in [1.165, 1.54) is 17.5 Å². The highest BCUT2D eigenvalue weighted by Crippen LogP contribution is 2.33. The van der Waals surface area contributed by atoms with Gasteiger partial charge < -0.3 is 0 Å². The van der Waals surface area contributed by atoms with E-state index in [2.05, 4.69) is 55.4 Å². The minimum Gasteiger partial charge on any atom is -0.119 e. The second-order valence-corrected chi connectivity index (χ2v) is 16.9. The fraction of sp³-hybridized carbons (Fsp3) is 0.667. The monoisotopic (exact) mass is 500 g/mol. The molecule has 0 N–H and O–H groups in total. The van der Waals surface area contributed by atoms with E-state index in [-0.39, 0.29) is 0 Å². The van der Waals surface area contributed by atoms with Gasteiger partial charge in [0.25, 0.3) is 0 Å². The van der Waals surface area contributed by atoms with Crippen LogP contribution < -0.4 is 7.69 Å². The van der Waals surface area contributed by atoms with Gasteiger partial charge in [-0.3, -0.25) is 0 Å². The van der Waals surface area contributed by atoms with Crippen LogP contribution in [-0.2, 0) is 0 Å². The summed E-state index contributed by atoms with van der Waals surface area (Å²) in [5.74, 6) is 0. The summed E-state index contributed by atoms with van der Waals surface area (Å²) in [5.41, 5.74) is 0. The van der Waals surface area contributed by atoms with Crippen molar-refractivity contribution in [1.82, 2.24) is 0 Å². The van der Waals surface area contributed by atoms with Gasteiger partial charge in [0.15, 0.2) is 0 Å². The Morgan fingerprint density at radius 2 is 0.846 bits per heavy atom. The normalized spacial score (nSPS) is 11.8. The van der Waals surface area contributed by atoms with Gasteiger partial charge in [0.05, 0.1) is 25.9 Å². The van der Waals surface area contributed by atoms with Gasteiger partial charge in [-0.25, -0.2) is 0 Å². The van der Waals surface area contributed by atoms with E-state index >= 15 is 0 Å². The molecule has 0 radical (unpaired) electrons. The Kier molecular flexibility index (Phi) is 12.0. The van der Waals surface area contributed by atoms with Crippen LogP contribution in [-0.4, -0.2) is 29.4 Å². The Hall–Kier alpha value is 1.50. The minimum absolute atomic E-state index is 0.512. The molecule has 26 heavy (non-hydrogen) atoms. The zero-order chi connectivity index (χ0) is 20.0. The second-order valence-electron chi connectivity index (χ2n) is 6.68. The minimum atomic E-state index is 0.512. The first kappa shape index (κ1) is 25.5.